The molecule has 0 spiro atoms. The highest BCUT2D eigenvalue weighted by Gasteiger charge is 2.14. The Bertz CT molecular complexity index is 344. The van der Waals surface area contributed by atoms with Crippen molar-refractivity contribution in [1.82, 2.24) is 0 Å². The lowest BCUT2D eigenvalue weighted by atomic mass is 10.0. The summed E-state index contributed by atoms with van der Waals surface area (Å²) in [6.07, 6.45) is 3.94. The van der Waals surface area contributed by atoms with E-state index in [1.165, 1.54) is 5.56 Å². The molecule has 2 rings (SSSR count). The summed E-state index contributed by atoms with van der Waals surface area (Å²) in [5.41, 5.74) is 2.31. The SMILES string of the molecule is N#CC1C=Cc2ccccc21. The molecule has 1 atom stereocenters. The van der Waals surface area contributed by atoms with Crippen molar-refractivity contribution in [3.63, 3.8) is 0 Å². The van der Waals surface area contributed by atoms with Gasteiger partial charge in [-0.3, -0.25) is 0 Å². The third kappa shape index (κ3) is 0.841. The summed E-state index contributed by atoms with van der Waals surface area (Å²) in [5, 5.41) is 8.71. The fraction of sp³-hybridized carbons (Fsp3) is 0.100. The van der Waals surface area contributed by atoms with E-state index in [0.29, 0.717) is 0 Å². The topological polar surface area (TPSA) is 23.8 Å². The lowest BCUT2D eigenvalue weighted by Crippen LogP contribution is -1.87. The fourth-order valence-corrected chi connectivity index (χ4v) is 1.36. The van der Waals surface area contributed by atoms with Crippen molar-refractivity contribution in [3.05, 3.63) is 41.5 Å². The quantitative estimate of drug-likeness (QED) is 0.544. The maximum atomic E-state index is 8.71. The molecule has 11 heavy (non-hydrogen) atoms. The summed E-state index contributed by atoms with van der Waals surface area (Å²) < 4.78 is 0. The molecule has 0 fully saturated rings. The van der Waals surface area contributed by atoms with Crippen molar-refractivity contribution in [2.24, 2.45) is 0 Å². The zero-order valence-corrected chi connectivity index (χ0v) is 5.99. The number of benzene rings is 1. The van der Waals surface area contributed by atoms with Gasteiger partial charge in [-0.2, -0.15) is 5.26 Å². The molecule has 1 aromatic rings. The Balaban J connectivity index is 2.56. The third-order valence-electron chi connectivity index (χ3n) is 1.94. The standard InChI is InChI=1S/C10H7N/c11-7-9-6-5-8-3-1-2-4-10(8)9/h1-6,9H. The van der Waals surface area contributed by atoms with E-state index < -0.39 is 0 Å². The molecule has 1 heteroatoms. The third-order valence-corrected chi connectivity index (χ3v) is 1.94. The molecule has 1 aliphatic rings. The van der Waals surface area contributed by atoms with Gasteiger partial charge in [0.15, 0.2) is 0 Å². The van der Waals surface area contributed by atoms with Gasteiger partial charge >= 0.3 is 0 Å². The number of nitriles is 1. The van der Waals surface area contributed by atoms with Gasteiger partial charge < -0.3 is 0 Å². The van der Waals surface area contributed by atoms with Crippen LogP contribution < -0.4 is 0 Å². The first kappa shape index (κ1) is 6.18. The molecule has 0 heterocycles. The van der Waals surface area contributed by atoms with E-state index in [2.05, 4.69) is 6.07 Å². The van der Waals surface area contributed by atoms with E-state index in [1.807, 2.05) is 36.4 Å². The van der Waals surface area contributed by atoms with Gasteiger partial charge in [0.25, 0.3) is 0 Å². The molecule has 1 aromatic carbocycles. The van der Waals surface area contributed by atoms with Crippen LogP contribution in [0.15, 0.2) is 30.3 Å². The lowest BCUT2D eigenvalue weighted by Gasteiger charge is -1.99. The average molecular weight is 141 g/mol. The van der Waals surface area contributed by atoms with E-state index in [-0.39, 0.29) is 5.92 Å². The molecule has 0 aliphatic heterocycles. The van der Waals surface area contributed by atoms with Crippen molar-refractivity contribution < 1.29 is 0 Å². The minimum absolute atomic E-state index is 0.0220. The minimum Gasteiger partial charge on any atom is -0.197 e. The molecule has 0 radical (unpaired) electrons. The molecule has 1 unspecified atom stereocenters. The highest BCUT2D eigenvalue weighted by atomic mass is 14.3. The number of hydrogen-bond donors (Lipinski definition) is 0. The first-order chi connectivity index (χ1) is 5.42. The molecule has 0 saturated carbocycles. The maximum absolute atomic E-state index is 8.71. The summed E-state index contributed by atoms with van der Waals surface area (Å²) in [7, 11) is 0. The van der Waals surface area contributed by atoms with Gasteiger partial charge in [0, 0.05) is 0 Å². The second-order valence-electron chi connectivity index (χ2n) is 2.59. The Morgan fingerprint density at radius 2 is 2.09 bits per heavy atom. The Labute approximate surface area is 65.6 Å². The normalized spacial score (nSPS) is 19.4. The highest BCUT2D eigenvalue weighted by Crippen LogP contribution is 2.28. The zero-order chi connectivity index (χ0) is 7.68. The number of nitrogens with zero attached hydrogens (tertiary/aromatic N) is 1. The van der Waals surface area contributed by atoms with Crippen molar-refractivity contribution in [2.45, 2.75) is 5.92 Å². The Hall–Kier alpha value is -1.55. The average Bonchev–Trinajstić information content (AvgIpc) is 2.47. The number of hydrogen-bond acceptors (Lipinski definition) is 1. The van der Waals surface area contributed by atoms with Crippen LogP contribution >= 0.6 is 0 Å². The molecule has 0 aromatic heterocycles. The predicted molar refractivity (Wildman–Crippen MR) is 43.8 cm³/mol. The van der Waals surface area contributed by atoms with Crippen molar-refractivity contribution >= 4 is 6.08 Å². The lowest BCUT2D eigenvalue weighted by molar-refractivity contribution is 1.12. The van der Waals surface area contributed by atoms with Crippen LogP contribution in [0, 0.1) is 11.3 Å². The zero-order valence-electron chi connectivity index (χ0n) is 5.99. The molecule has 52 valence electrons. The number of fused-ring (bicyclic) bond motifs is 1. The Morgan fingerprint density at radius 3 is 2.91 bits per heavy atom. The maximum Gasteiger partial charge on any atom is 0.0902 e. The summed E-state index contributed by atoms with van der Waals surface area (Å²) in [6.45, 7) is 0. The fourth-order valence-electron chi connectivity index (χ4n) is 1.36. The van der Waals surface area contributed by atoms with Crippen LogP contribution in [0.1, 0.15) is 17.0 Å². The van der Waals surface area contributed by atoms with E-state index in [9.17, 15) is 0 Å². The Kier molecular flexibility index (Phi) is 1.26. The smallest absolute Gasteiger partial charge is 0.0902 e. The van der Waals surface area contributed by atoms with Crippen LogP contribution in [0.2, 0.25) is 0 Å². The predicted octanol–water partition coefficient (Wildman–Crippen LogP) is 2.32. The van der Waals surface area contributed by atoms with Gasteiger partial charge in [-0.05, 0) is 11.1 Å². The number of rotatable bonds is 0. The molecular formula is C10H7N. The largest absolute Gasteiger partial charge is 0.197 e. The van der Waals surface area contributed by atoms with Crippen LogP contribution in [0.3, 0.4) is 0 Å². The first-order valence-electron chi connectivity index (χ1n) is 3.58. The summed E-state index contributed by atoms with van der Waals surface area (Å²) in [6, 6.07) is 10.2. The number of allylic oxidation sites excluding steroid dienone is 1. The van der Waals surface area contributed by atoms with Crippen LogP contribution in [0.5, 0.6) is 0 Å². The van der Waals surface area contributed by atoms with Crippen molar-refractivity contribution in [2.75, 3.05) is 0 Å². The van der Waals surface area contributed by atoms with Gasteiger partial charge in [-0.1, -0.05) is 36.4 Å². The van der Waals surface area contributed by atoms with Gasteiger partial charge in [0.2, 0.25) is 0 Å². The highest BCUT2D eigenvalue weighted by molar-refractivity contribution is 5.63. The summed E-state index contributed by atoms with van der Waals surface area (Å²) >= 11 is 0. The van der Waals surface area contributed by atoms with Crippen LogP contribution in [0.4, 0.5) is 0 Å². The molecule has 1 nitrogen and oxygen atoms in total. The van der Waals surface area contributed by atoms with Crippen LogP contribution in [-0.4, -0.2) is 0 Å². The van der Waals surface area contributed by atoms with Crippen LogP contribution in [0.25, 0.3) is 6.08 Å². The monoisotopic (exact) mass is 141 g/mol. The summed E-state index contributed by atoms with van der Waals surface area (Å²) in [4.78, 5) is 0. The van der Waals surface area contributed by atoms with E-state index >= 15 is 0 Å². The van der Waals surface area contributed by atoms with Gasteiger partial charge in [0.05, 0.1) is 12.0 Å². The summed E-state index contributed by atoms with van der Waals surface area (Å²) in [5.74, 6) is -0.0220. The minimum atomic E-state index is -0.0220. The van der Waals surface area contributed by atoms with Gasteiger partial charge in [0.1, 0.15) is 0 Å². The molecule has 0 saturated heterocycles. The molecule has 0 bridgehead atoms. The molecule has 0 N–H and O–H groups in total. The van der Waals surface area contributed by atoms with Crippen molar-refractivity contribution in [3.8, 4) is 6.07 Å². The van der Waals surface area contributed by atoms with E-state index in [1.54, 1.807) is 0 Å². The Morgan fingerprint density at radius 1 is 1.27 bits per heavy atom. The van der Waals surface area contributed by atoms with Crippen molar-refractivity contribution in [1.29, 1.82) is 5.26 Å². The molecule has 0 amide bonds. The van der Waals surface area contributed by atoms with E-state index in [4.69, 9.17) is 5.26 Å². The second kappa shape index (κ2) is 2.25. The van der Waals surface area contributed by atoms with E-state index in [0.717, 1.165) is 5.56 Å². The molecular weight excluding hydrogens is 134 g/mol. The second-order valence-corrected chi connectivity index (χ2v) is 2.59. The molecule has 1 aliphatic carbocycles. The van der Waals surface area contributed by atoms with Crippen LogP contribution in [-0.2, 0) is 0 Å². The first-order valence-corrected chi connectivity index (χ1v) is 3.58. The van der Waals surface area contributed by atoms with Gasteiger partial charge in [-0.25, -0.2) is 0 Å². The van der Waals surface area contributed by atoms with Gasteiger partial charge in [-0.15, -0.1) is 0 Å².